The Bertz CT molecular complexity index is 897. The largest absolute Gasteiger partial charge is 0.452 e. The van der Waals surface area contributed by atoms with E-state index in [0.29, 0.717) is 23.0 Å². The van der Waals surface area contributed by atoms with Crippen molar-refractivity contribution in [3.63, 3.8) is 0 Å². The van der Waals surface area contributed by atoms with Crippen molar-refractivity contribution in [3.8, 4) is 0 Å². The first-order chi connectivity index (χ1) is 13.9. The van der Waals surface area contributed by atoms with E-state index in [-0.39, 0.29) is 18.6 Å². The van der Waals surface area contributed by atoms with E-state index in [9.17, 15) is 9.59 Å². The minimum absolute atomic E-state index is 0.206. The van der Waals surface area contributed by atoms with Gasteiger partial charge in [-0.2, -0.15) is 5.10 Å². The summed E-state index contributed by atoms with van der Waals surface area (Å²) in [7, 11) is 0. The Morgan fingerprint density at radius 1 is 1.24 bits per heavy atom. The van der Waals surface area contributed by atoms with Crippen LogP contribution in [-0.4, -0.2) is 34.3 Å². The van der Waals surface area contributed by atoms with E-state index in [1.807, 2.05) is 38.1 Å². The van der Waals surface area contributed by atoms with Gasteiger partial charge in [-0.15, -0.1) is 0 Å². The summed E-state index contributed by atoms with van der Waals surface area (Å²) in [4.78, 5) is 23.8. The van der Waals surface area contributed by atoms with Crippen LogP contribution in [0.4, 0.5) is 0 Å². The Labute approximate surface area is 175 Å². The maximum absolute atomic E-state index is 12.0. The van der Waals surface area contributed by atoms with E-state index in [4.69, 9.17) is 16.3 Å². The molecular formula is C22H26ClN3O3. The van der Waals surface area contributed by atoms with Gasteiger partial charge in [-0.3, -0.25) is 4.79 Å². The molecular weight excluding hydrogens is 390 g/mol. The second-order valence-electron chi connectivity index (χ2n) is 7.42. The molecule has 1 saturated carbocycles. The Morgan fingerprint density at radius 3 is 2.62 bits per heavy atom. The summed E-state index contributed by atoms with van der Waals surface area (Å²) in [5.74, 6) is -0.855. The van der Waals surface area contributed by atoms with Gasteiger partial charge in [0.1, 0.15) is 5.15 Å². The number of hydrogen-bond donors (Lipinski definition) is 1. The van der Waals surface area contributed by atoms with E-state index in [0.717, 1.165) is 31.2 Å². The van der Waals surface area contributed by atoms with Crippen molar-refractivity contribution in [1.29, 1.82) is 0 Å². The summed E-state index contributed by atoms with van der Waals surface area (Å²) in [6.45, 7) is 4.13. The minimum Gasteiger partial charge on any atom is -0.452 e. The van der Waals surface area contributed by atoms with Crippen LogP contribution in [0.3, 0.4) is 0 Å². The van der Waals surface area contributed by atoms with Gasteiger partial charge in [-0.1, -0.05) is 54.3 Å². The Kier molecular flexibility index (Phi) is 7.09. The van der Waals surface area contributed by atoms with Gasteiger partial charge < -0.3 is 10.1 Å². The average Bonchev–Trinajstić information content (AvgIpc) is 3.29. The average molecular weight is 416 g/mol. The molecule has 0 saturated heterocycles. The van der Waals surface area contributed by atoms with Gasteiger partial charge in [0.05, 0.1) is 12.2 Å². The zero-order valence-corrected chi connectivity index (χ0v) is 17.5. The monoisotopic (exact) mass is 415 g/mol. The number of halogens is 1. The predicted octanol–water partition coefficient (Wildman–Crippen LogP) is 3.82. The SMILES string of the molecule is Cc1ccc(Cn2nc(C)c(/C=C/C(=O)OCC(=O)NC3CCCC3)c2Cl)cc1. The number of amides is 1. The van der Waals surface area contributed by atoms with E-state index < -0.39 is 5.97 Å². The molecule has 0 radical (unpaired) electrons. The molecule has 1 aliphatic rings. The molecule has 0 aliphatic heterocycles. The lowest BCUT2D eigenvalue weighted by Crippen LogP contribution is -2.35. The Balaban J connectivity index is 1.55. The lowest BCUT2D eigenvalue weighted by atomic mass is 10.1. The zero-order chi connectivity index (χ0) is 20.8. The molecule has 154 valence electrons. The van der Waals surface area contributed by atoms with Crippen LogP contribution in [0.25, 0.3) is 6.08 Å². The molecule has 1 fully saturated rings. The number of aromatic nitrogens is 2. The molecule has 1 aromatic heterocycles. The maximum atomic E-state index is 12.0. The highest BCUT2D eigenvalue weighted by molar-refractivity contribution is 6.31. The highest BCUT2D eigenvalue weighted by Gasteiger charge is 2.17. The van der Waals surface area contributed by atoms with Crippen LogP contribution in [0, 0.1) is 13.8 Å². The van der Waals surface area contributed by atoms with Gasteiger partial charge in [-0.05, 0) is 38.3 Å². The molecule has 1 heterocycles. The number of esters is 1. The second-order valence-corrected chi connectivity index (χ2v) is 7.78. The second kappa shape index (κ2) is 9.74. The number of nitrogens with zero attached hydrogens (tertiary/aromatic N) is 2. The molecule has 0 spiro atoms. The molecule has 7 heteroatoms. The van der Waals surface area contributed by atoms with Crippen LogP contribution in [0.2, 0.25) is 5.15 Å². The summed E-state index contributed by atoms with van der Waals surface area (Å²) in [6, 6.07) is 8.36. The fraction of sp³-hybridized carbons (Fsp3) is 0.409. The third kappa shape index (κ3) is 5.94. The van der Waals surface area contributed by atoms with Crippen molar-refractivity contribution in [2.75, 3.05) is 6.61 Å². The lowest BCUT2D eigenvalue weighted by Gasteiger charge is -2.11. The number of benzene rings is 1. The quantitative estimate of drug-likeness (QED) is 0.551. The summed E-state index contributed by atoms with van der Waals surface area (Å²) >= 11 is 6.45. The van der Waals surface area contributed by atoms with Crippen LogP contribution in [-0.2, 0) is 20.9 Å². The molecule has 6 nitrogen and oxygen atoms in total. The molecule has 1 aliphatic carbocycles. The van der Waals surface area contributed by atoms with Gasteiger partial charge in [0, 0.05) is 17.7 Å². The van der Waals surface area contributed by atoms with Crippen LogP contribution in [0.15, 0.2) is 30.3 Å². The van der Waals surface area contributed by atoms with Crippen molar-refractivity contribution in [3.05, 3.63) is 57.9 Å². The molecule has 3 rings (SSSR count). The molecule has 1 N–H and O–H groups in total. The predicted molar refractivity (Wildman–Crippen MR) is 113 cm³/mol. The van der Waals surface area contributed by atoms with Crippen LogP contribution in [0.5, 0.6) is 0 Å². The van der Waals surface area contributed by atoms with Gasteiger partial charge in [0.2, 0.25) is 0 Å². The van der Waals surface area contributed by atoms with Gasteiger partial charge in [0.25, 0.3) is 5.91 Å². The number of aryl methyl sites for hydroxylation is 2. The first kappa shape index (κ1) is 21.1. The fourth-order valence-electron chi connectivity index (χ4n) is 3.40. The number of carbonyl (C=O) groups excluding carboxylic acids is 2. The summed E-state index contributed by atoms with van der Waals surface area (Å²) < 4.78 is 6.72. The molecule has 29 heavy (non-hydrogen) atoms. The van der Waals surface area contributed by atoms with Gasteiger partial charge in [0.15, 0.2) is 6.61 Å². The van der Waals surface area contributed by atoms with Crippen molar-refractivity contribution >= 4 is 29.6 Å². The van der Waals surface area contributed by atoms with Crippen molar-refractivity contribution in [1.82, 2.24) is 15.1 Å². The highest BCUT2D eigenvalue weighted by atomic mass is 35.5. The highest BCUT2D eigenvalue weighted by Crippen LogP contribution is 2.22. The summed E-state index contributed by atoms with van der Waals surface area (Å²) in [5, 5.41) is 7.79. The third-order valence-corrected chi connectivity index (χ3v) is 5.41. The number of nitrogens with one attached hydrogen (secondary N) is 1. The first-order valence-corrected chi connectivity index (χ1v) is 10.2. The van der Waals surface area contributed by atoms with Crippen molar-refractivity contribution in [2.24, 2.45) is 0 Å². The smallest absolute Gasteiger partial charge is 0.331 e. The molecule has 0 atom stereocenters. The van der Waals surface area contributed by atoms with Crippen LogP contribution in [0.1, 0.15) is 48.1 Å². The summed E-state index contributed by atoms with van der Waals surface area (Å²) in [6.07, 6.45) is 7.09. The van der Waals surface area contributed by atoms with E-state index in [1.54, 1.807) is 10.8 Å². The third-order valence-electron chi connectivity index (χ3n) is 5.01. The number of ether oxygens (including phenoxy) is 1. The number of hydrogen-bond acceptors (Lipinski definition) is 4. The van der Waals surface area contributed by atoms with Crippen LogP contribution < -0.4 is 5.32 Å². The normalized spacial score (nSPS) is 14.4. The topological polar surface area (TPSA) is 73.2 Å². The molecule has 1 aromatic carbocycles. The fourth-order valence-corrected chi connectivity index (χ4v) is 3.70. The standard InChI is InChI=1S/C22H26ClN3O3/c1-15-7-9-17(10-8-15)13-26-22(23)19(16(2)25-26)11-12-21(28)29-14-20(27)24-18-5-3-4-6-18/h7-12,18H,3-6,13-14H2,1-2H3,(H,24,27)/b12-11+. The zero-order valence-electron chi connectivity index (χ0n) is 16.8. The van der Waals surface area contributed by atoms with E-state index in [1.165, 1.54) is 11.6 Å². The van der Waals surface area contributed by atoms with Gasteiger partial charge >= 0.3 is 5.97 Å². The molecule has 0 bridgehead atoms. The number of carbonyl (C=O) groups is 2. The Hall–Kier alpha value is -2.60. The summed E-state index contributed by atoms with van der Waals surface area (Å²) in [5.41, 5.74) is 3.65. The van der Waals surface area contributed by atoms with Crippen molar-refractivity contribution < 1.29 is 14.3 Å². The Morgan fingerprint density at radius 2 is 1.93 bits per heavy atom. The molecule has 0 unspecified atom stereocenters. The minimum atomic E-state index is -0.590. The van der Waals surface area contributed by atoms with Crippen molar-refractivity contribution in [2.45, 2.75) is 52.1 Å². The van der Waals surface area contributed by atoms with E-state index in [2.05, 4.69) is 10.4 Å². The van der Waals surface area contributed by atoms with E-state index >= 15 is 0 Å². The lowest BCUT2D eigenvalue weighted by molar-refractivity contribution is -0.144. The molecule has 2 aromatic rings. The van der Waals surface area contributed by atoms with Crippen LogP contribution >= 0.6 is 11.6 Å². The molecule has 1 amide bonds. The number of rotatable bonds is 7. The maximum Gasteiger partial charge on any atom is 0.331 e. The van der Waals surface area contributed by atoms with Gasteiger partial charge in [-0.25, -0.2) is 9.48 Å². The first-order valence-electron chi connectivity index (χ1n) is 9.85.